The van der Waals surface area contributed by atoms with Crippen molar-refractivity contribution in [2.24, 2.45) is 5.73 Å². The fourth-order valence-corrected chi connectivity index (χ4v) is 3.39. The number of hydrogen-bond acceptors (Lipinski definition) is 6. The molecule has 0 spiro atoms. The SMILES string of the molecule is COCc1nc(CCN2CCOCC2)sc1C(C)(C)N. The van der Waals surface area contributed by atoms with Gasteiger partial charge >= 0.3 is 0 Å². The summed E-state index contributed by atoms with van der Waals surface area (Å²) >= 11 is 1.72. The van der Waals surface area contributed by atoms with Crippen LogP contribution in [0.3, 0.4) is 0 Å². The molecule has 1 aromatic rings. The molecule has 0 atom stereocenters. The Morgan fingerprint density at radius 3 is 2.70 bits per heavy atom. The first kappa shape index (κ1) is 15.9. The zero-order valence-electron chi connectivity index (χ0n) is 12.6. The van der Waals surface area contributed by atoms with Crippen molar-refractivity contribution in [3.8, 4) is 0 Å². The molecule has 1 saturated heterocycles. The third-order valence-electron chi connectivity index (χ3n) is 3.35. The molecule has 1 aliphatic heterocycles. The van der Waals surface area contributed by atoms with Crippen LogP contribution in [0.15, 0.2) is 0 Å². The molecule has 1 aromatic heterocycles. The fraction of sp³-hybridized carbons (Fsp3) is 0.786. The molecule has 114 valence electrons. The van der Waals surface area contributed by atoms with Crippen molar-refractivity contribution in [2.45, 2.75) is 32.4 Å². The van der Waals surface area contributed by atoms with E-state index >= 15 is 0 Å². The van der Waals surface area contributed by atoms with Crippen LogP contribution in [0.2, 0.25) is 0 Å². The molecule has 0 radical (unpaired) electrons. The number of hydrogen-bond donors (Lipinski definition) is 1. The summed E-state index contributed by atoms with van der Waals surface area (Å²) in [7, 11) is 1.69. The molecule has 5 nitrogen and oxygen atoms in total. The zero-order chi connectivity index (χ0) is 14.6. The quantitative estimate of drug-likeness (QED) is 0.859. The van der Waals surface area contributed by atoms with Crippen LogP contribution < -0.4 is 5.73 Å². The smallest absolute Gasteiger partial charge is 0.0945 e. The summed E-state index contributed by atoms with van der Waals surface area (Å²) < 4.78 is 10.6. The van der Waals surface area contributed by atoms with Crippen LogP contribution in [0.4, 0.5) is 0 Å². The van der Waals surface area contributed by atoms with Gasteiger partial charge in [-0.1, -0.05) is 0 Å². The number of thiazole rings is 1. The van der Waals surface area contributed by atoms with Gasteiger partial charge in [0.1, 0.15) is 0 Å². The molecular weight excluding hydrogens is 274 g/mol. The summed E-state index contributed by atoms with van der Waals surface area (Å²) in [5.74, 6) is 0. The fourth-order valence-electron chi connectivity index (χ4n) is 2.32. The Hall–Kier alpha value is -0.530. The second-order valence-corrected chi connectivity index (χ2v) is 6.83. The average molecular weight is 299 g/mol. The van der Waals surface area contributed by atoms with E-state index in [1.807, 2.05) is 13.8 Å². The van der Waals surface area contributed by atoms with Crippen molar-refractivity contribution in [2.75, 3.05) is 40.0 Å². The van der Waals surface area contributed by atoms with Crippen molar-refractivity contribution >= 4 is 11.3 Å². The van der Waals surface area contributed by atoms with Gasteiger partial charge < -0.3 is 15.2 Å². The molecule has 0 bridgehead atoms. The van der Waals surface area contributed by atoms with Gasteiger partial charge in [-0.25, -0.2) is 4.98 Å². The molecule has 0 amide bonds. The highest BCUT2D eigenvalue weighted by Crippen LogP contribution is 2.29. The molecule has 1 aliphatic rings. The van der Waals surface area contributed by atoms with E-state index in [1.54, 1.807) is 18.4 Å². The van der Waals surface area contributed by atoms with E-state index in [0.717, 1.165) is 54.8 Å². The molecule has 20 heavy (non-hydrogen) atoms. The summed E-state index contributed by atoms with van der Waals surface area (Å²) in [5, 5.41) is 1.15. The monoisotopic (exact) mass is 299 g/mol. The highest BCUT2D eigenvalue weighted by molar-refractivity contribution is 7.11. The van der Waals surface area contributed by atoms with Crippen molar-refractivity contribution in [3.05, 3.63) is 15.6 Å². The van der Waals surface area contributed by atoms with Gasteiger partial charge in [0, 0.05) is 43.6 Å². The number of methoxy groups -OCH3 is 1. The van der Waals surface area contributed by atoms with E-state index in [1.165, 1.54) is 0 Å². The largest absolute Gasteiger partial charge is 0.379 e. The molecule has 2 rings (SSSR count). The molecule has 1 fully saturated rings. The predicted octanol–water partition coefficient (Wildman–Crippen LogP) is 1.36. The zero-order valence-corrected chi connectivity index (χ0v) is 13.5. The van der Waals surface area contributed by atoms with Gasteiger partial charge in [0.05, 0.1) is 30.5 Å². The first-order valence-electron chi connectivity index (χ1n) is 7.07. The van der Waals surface area contributed by atoms with Gasteiger partial charge in [0.2, 0.25) is 0 Å². The molecule has 6 heteroatoms. The van der Waals surface area contributed by atoms with Crippen LogP contribution in [-0.2, 0) is 28.0 Å². The average Bonchev–Trinajstić information content (AvgIpc) is 2.81. The van der Waals surface area contributed by atoms with Gasteiger partial charge in [-0.15, -0.1) is 11.3 Å². The highest BCUT2D eigenvalue weighted by Gasteiger charge is 2.23. The van der Waals surface area contributed by atoms with Crippen LogP contribution in [0, 0.1) is 0 Å². The lowest BCUT2D eigenvalue weighted by Gasteiger charge is -2.26. The minimum atomic E-state index is -0.358. The Kier molecular flexibility index (Phi) is 5.51. The van der Waals surface area contributed by atoms with Crippen molar-refractivity contribution in [3.63, 3.8) is 0 Å². The maximum atomic E-state index is 6.23. The third kappa shape index (κ3) is 4.23. The summed E-state index contributed by atoms with van der Waals surface area (Å²) in [5.41, 5.74) is 6.86. The van der Waals surface area contributed by atoms with Gasteiger partial charge in [-0.3, -0.25) is 4.90 Å². The number of morpholine rings is 1. The van der Waals surface area contributed by atoms with Crippen LogP contribution in [-0.4, -0.2) is 49.8 Å². The third-order valence-corrected chi connectivity index (χ3v) is 4.85. The van der Waals surface area contributed by atoms with Gasteiger partial charge in [-0.2, -0.15) is 0 Å². The van der Waals surface area contributed by atoms with E-state index in [9.17, 15) is 0 Å². The van der Waals surface area contributed by atoms with Gasteiger partial charge in [-0.05, 0) is 13.8 Å². The van der Waals surface area contributed by atoms with Gasteiger partial charge in [0.15, 0.2) is 0 Å². The first-order chi connectivity index (χ1) is 9.50. The van der Waals surface area contributed by atoms with Crippen molar-refractivity contribution in [1.82, 2.24) is 9.88 Å². The number of nitrogens with two attached hydrogens (primary N) is 1. The summed E-state index contributed by atoms with van der Waals surface area (Å²) in [6, 6.07) is 0. The molecule has 0 aromatic carbocycles. The van der Waals surface area contributed by atoms with Gasteiger partial charge in [0.25, 0.3) is 0 Å². The molecule has 0 saturated carbocycles. The second-order valence-electron chi connectivity index (χ2n) is 5.74. The van der Waals surface area contributed by atoms with Crippen LogP contribution in [0.5, 0.6) is 0 Å². The van der Waals surface area contributed by atoms with E-state index < -0.39 is 0 Å². The summed E-state index contributed by atoms with van der Waals surface area (Å²) in [6.45, 7) is 9.33. The van der Waals surface area contributed by atoms with E-state index in [0.29, 0.717) is 6.61 Å². The molecule has 2 heterocycles. The standard InChI is InChI=1S/C14H25N3O2S/c1-14(2,15)13-11(10-18-3)16-12(20-13)4-5-17-6-8-19-9-7-17/h4-10,15H2,1-3H3. The lowest BCUT2D eigenvalue weighted by molar-refractivity contribution is 0.0384. The lowest BCUT2D eigenvalue weighted by atomic mass is 10.0. The van der Waals surface area contributed by atoms with E-state index in [-0.39, 0.29) is 5.54 Å². The number of ether oxygens (including phenoxy) is 2. The van der Waals surface area contributed by atoms with Crippen molar-refractivity contribution in [1.29, 1.82) is 0 Å². The summed E-state index contributed by atoms with van der Waals surface area (Å²) in [4.78, 5) is 8.27. The first-order valence-corrected chi connectivity index (χ1v) is 7.89. The van der Waals surface area contributed by atoms with Crippen LogP contribution >= 0.6 is 11.3 Å². The molecule has 2 N–H and O–H groups in total. The van der Waals surface area contributed by atoms with Crippen molar-refractivity contribution < 1.29 is 9.47 Å². The number of rotatable bonds is 6. The topological polar surface area (TPSA) is 60.6 Å². The van der Waals surface area contributed by atoms with Crippen LogP contribution in [0.1, 0.15) is 29.4 Å². The second kappa shape index (κ2) is 6.95. The molecule has 0 aliphatic carbocycles. The predicted molar refractivity (Wildman–Crippen MR) is 81.0 cm³/mol. The summed E-state index contributed by atoms with van der Waals surface area (Å²) in [6.07, 6.45) is 0.970. The number of nitrogens with zero attached hydrogens (tertiary/aromatic N) is 2. The van der Waals surface area contributed by atoms with E-state index in [4.69, 9.17) is 20.2 Å². The minimum Gasteiger partial charge on any atom is -0.379 e. The molecule has 0 unspecified atom stereocenters. The Balaban J connectivity index is 2.00. The maximum absolute atomic E-state index is 6.23. The Bertz CT molecular complexity index is 423. The normalized spacial score (nSPS) is 17.6. The maximum Gasteiger partial charge on any atom is 0.0945 e. The molecular formula is C14H25N3O2S. The lowest BCUT2D eigenvalue weighted by Crippen LogP contribution is -2.37. The Labute approximate surface area is 125 Å². The van der Waals surface area contributed by atoms with Crippen LogP contribution in [0.25, 0.3) is 0 Å². The van der Waals surface area contributed by atoms with E-state index in [2.05, 4.69) is 4.90 Å². The Morgan fingerprint density at radius 2 is 2.10 bits per heavy atom. The highest BCUT2D eigenvalue weighted by atomic mass is 32.1. The minimum absolute atomic E-state index is 0.358. The number of aromatic nitrogens is 1. The Morgan fingerprint density at radius 1 is 1.40 bits per heavy atom.